The Hall–Kier alpha value is -2.57. The molecule has 2 aromatic rings. The number of nitrogens with one attached hydrogen (secondary N) is 1. The fourth-order valence-electron chi connectivity index (χ4n) is 4.08. The summed E-state index contributed by atoms with van der Waals surface area (Å²) in [4.78, 5) is 19.2. The molecular weight excluding hydrogens is 414 g/mol. The molecule has 1 unspecified atom stereocenters. The van der Waals surface area contributed by atoms with Gasteiger partial charge in [-0.15, -0.1) is 0 Å². The number of nitrogens with zero attached hydrogens (tertiary/aromatic N) is 2. The molecule has 7 heteroatoms. The van der Waals surface area contributed by atoms with Crippen molar-refractivity contribution in [2.24, 2.45) is 4.99 Å². The summed E-state index contributed by atoms with van der Waals surface area (Å²) in [5.74, 6) is 1.15. The number of benzene rings is 2. The third-order valence-corrected chi connectivity index (χ3v) is 6.14. The molecule has 1 fully saturated rings. The van der Waals surface area contributed by atoms with E-state index in [9.17, 15) is 4.79 Å². The van der Waals surface area contributed by atoms with Crippen molar-refractivity contribution in [1.82, 2.24) is 10.2 Å². The maximum Gasteiger partial charge on any atom is 0.254 e. The maximum atomic E-state index is 12.6. The van der Waals surface area contributed by atoms with E-state index in [1.165, 1.54) is 0 Å². The zero-order chi connectivity index (χ0) is 21.6. The Morgan fingerprint density at radius 3 is 2.58 bits per heavy atom. The zero-order valence-corrected chi connectivity index (χ0v) is 18.3. The molecule has 1 atom stereocenters. The Bertz CT molecular complexity index is 949. The summed E-state index contributed by atoms with van der Waals surface area (Å²) < 4.78 is 5.95. The molecule has 164 valence electrons. The topological polar surface area (TPSA) is 74.2 Å². The highest BCUT2D eigenvalue weighted by atomic mass is 35.5. The van der Waals surface area contributed by atoms with Gasteiger partial charge in [0.05, 0.1) is 23.9 Å². The van der Waals surface area contributed by atoms with Crippen LogP contribution in [-0.4, -0.2) is 35.1 Å². The Morgan fingerprint density at radius 1 is 1.06 bits per heavy atom. The summed E-state index contributed by atoms with van der Waals surface area (Å²) in [5, 5.41) is 12.3. The van der Waals surface area contributed by atoms with Crippen LogP contribution in [0.2, 0.25) is 5.02 Å². The lowest BCUT2D eigenvalue weighted by atomic mass is 10.0. The molecule has 4 rings (SSSR count). The molecule has 0 aromatic heterocycles. The van der Waals surface area contributed by atoms with Gasteiger partial charge in [0.2, 0.25) is 5.96 Å². The number of fused-ring (bicyclic) bond motifs is 2. The number of guanidine groups is 1. The van der Waals surface area contributed by atoms with E-state index < -0.39 is 6.04 Å². The van der Waals surface area contributed by atoms with Crippen molar-refractivity contribution in [1.29, 1.82) is 0 Å². The van der Waals surface area contributed by atoms with Gasteiger partial charge < -0.3 is 14.7 Å². The minimum atomic E-state index is -0.417. The first kappa shape index (κ1) is 21.7. The number of ether oxygens (including phenoxy) is 1. The van der Waals surface area contributed by atoms with E-state index >= 15 is 0 Å². The van der Waals surface area contributed by atoms with Crippen LogP contribution >= 0.6 is 11.6 Å². The van der Waals surface area contributed by atoms with Crippen molar-refractivity contribution in [2.45, 2.75) is 51.1 Å². The van der Waals surface area contributed by atoms with Crippen LogP contribution in [0.3, 0.4) is 0 Å². The van der Waals surface area contributed by atoms with Crippen LogP contribution in [0.25, 0.3) is 0 Å². The first-order chi connectivity index (χ1) is 15.2. The number of hydrogen-bond acceptors (Lipinski definition) is 5. The van der Waals surface area contributed by atoms with E-state index in [1.54, 1.807) is 0 Å². The van der Waals surface area contributed by atoms with Gasteiger partial charge in [0.15, 0.2) is 0 Å². The smallest absolute Gasteiger partial charge is 0.254 e. The summed E-state index contributed by atoms with van der Waals surface area (Å²) in [5.41, 5.74) is 2.57. The predicted molar refractivity (Wildman–Crippen MR) is 122 cm³/mol. The Balaban J connectivity index is 1.40. The largest absolute Gasteiger partial charge is 0.492 e. The van der Waals surface area contributed by atoms with Gasteiger partial charge in [-0.25, -0.2) is 4.99 Å². The number of carbonyl (C=O) groups excluding carboxylic acids is 1. The van der Waals surface area contributed by atoms with Gasteiger partial charge in [0.25, 0.3) is 5.91 Å². The molecule has 2 aliphatic heterocycles. The van der Waals surface area contributed by atoms with E-state index in [4.69, 9.17) is 21.4 Å². The fourth-order valence-corrected chi connectivity index (χ4v) is 4.36. The molecule has 2 heterocycles. The monoisotopic (exact) mass is 441 g/mol. The number of rotatable bonds is 10. The van der Waals surface area contributed by atoms with Crippen molar-refractivity contribution in [3.8, 4) is 5.75 Å². The minimum absolute atomic E-state index is 0.0793. The molecular formula is C24H28ClN3O3. The molecule has 6 nitrogen and oxygen atoms in total. The zero-order valence-electron chi connectivity index (χ0n) is 17.5. The van der Waals surface area contributed by atoms with E-state index in [1.807, 2.05) is 47.4 Å². The van der Waals surface area contributed by atoms with Crippen LogP contribution in [0.4, 0.5) is 5.69 Å². The van der Waals surface area contributed by atoms with Crippen LogP contribution < -0.4 is 10.1 Å². The van der Waals surface area contributed by atoms with Crippen LogP contribution in [0, 0.1) is 0 Å². The molecule has 1 amide bonds. The molecule has 31 heavy (non-hydrogen) atoms. The van der Waals surface area contributed by atoms with Crippen LogP contribution in [0.5, 0.6) is 5.75 Å². The van der Waals surface area contributed by atoms with Gasteiger partial charge >= 0.3 is 0 Å². The lowest BCUT2D eigenvalue weighted by molar-refractivity contribution is -0.121. The van der Waals surface area contributed by atoms with Crippen molar-refractivity contribution in [2.75, 3.05) is 13.2 Å². The first-order valence-electron chi connectivity index (χ1n) is 10.9. The van der Waals surface area contributed by atoms with Gasteiger partial charge in [-0.3, -0.25) is 10.1 Å². The standard InChI is InChI=1S/C24H28ClN3O3/c25-21-18-16-28-22(17-10-6-5-7-11-17)23(30)27-24(28)26-19(18)12-13-20(21)31-15-9-4-2-1-3-8-14-29/h5-7,10-13,22,29H,1-4,8-9,14-16H2,(H,26,27,30). The first-order valence-corrected chi connectivity index (χ1v) is 11.3. The molecule has 0 saturated carbocycles. The third-order valence-electron chi connectivity index (χ3n) is 5.73. The third kappa shape index (κ3) is 4.86. The van der Waals surface area contributed by atoms with Crippen LogP contribution in [-0.2, 0) is 11.3 Å². The van der Waals surface area contributed by atoms with E-state index in [-0.39, 0.29) is 12.5 Å². The minimum Gasteiger partial charge on any atom is -0.492 e. The number of hydrogen-bond donors (Lipinski definition) is 2. The second kappa shape index (κ2) is 10.2. The van der Waals surface area contributed by atoms with Gasteiger partial charge in [-0.05, 0) is 30.5 Å². The second-order valence-corrected chi connectivity index (χ2v) is 8.31. The summed E-state index contributed by atoms with van der Waals surface area (Å²) in [6, 6.07) is 13.0. The maximum absolute atomic E-state index is 12.6. The summed E-state index contributed by atoms with van der Waals surface area (Å²) in [7, 11) is 0. The summed E-state index contributed by atoms with van der Waals surface area (Å²) in [6.45, 7) is 1.38. The molecule has 0 radical (unpaired) electrons. The highest BCUT2D eigenvalue weighted by Crippen LogP contribution is 2.41. The van der Waals surface area contributed by atoms with Crippen LogP contribution in [0.15, 0.2) is 47.5 Å². The van der Waals surface area contributed by atoms with E-state index in [0.717, 1.165) is 55.3 Å². The molecule has 0 bridgehead atoms. The predicted octanol–water partition coefficient (Wildman–Crippen LogP) is 4.73. The number of aliphatic hydroxyl groups is 1. The quantitative estimate of drug-likeness (QED) is 0.523. The summed E-state index contributed by atoms with van der Waals surface area (Å²) >= 11 is 6.69. The van der Waals surface area contributed by atoms with Crippen LogP contribution in [0.1, 0.15) is 55.7 Å². The second-order valence-electron chi connectivity index (χ2n) is 7.93. The molecule has 0 aliphatic carbocycles. The van der Waals surface area contributed by atoms with Gasteiger partial charge in [-0.2, -0.15) is 0 Å². The van der Waals surface area contributed by atoms with Gasteiger partial charge in [-0.1, -0.05) is 67.6 Å². The average Bonchev–Trinajstić information content (AvgIpc) is 3.11. The lowest BCUT2D eigenvalue weighted by Gasteiger charge is -2.29. The number of aliphatic hydroxyl groups excluding tert-OH is 1. The lowest BCUT2D eigenvalue weighted by Crippen LogP contribution is -2.33. The number of unbranched alkanes of at least 4 members (excludes halogenated alkanes) is 5. The van der Waals surface area contributed by atoms with Crippen molar-refractivity contribution < 1.29 is 14.6 Å². The normalized spacial score (nSPS) is 17.1. The molecule has 2 aromatic carbocycles. The highest BCUT2D eigenvalue weighted by molar-refractivity contribution is 6.33. The van der Waals surface area contributed by atoms with E-state index in [2.05, 4.69) is 10.3 Å². The molecule has 2 aliphatic rings. The van der Waals surface area contributed by atoms with Gasteiger partial charge in [0, 0.05) is 12.2 Å². The van der Waals surface area contributed by atoms with Crippen molar-refractivity contribution in [3.05, 3.63) is 58.6 Å². The number of aliphatic imine (C=N–C) groups is 1. The Morgan fingerprint density at radius 2 is 1.81 bits per heavy atom. The number of amides is 1. The van der Waals surface area contributed by atoms with Gasteiger partial charge in [0.1, 0.15) is 11.8 Å². The SMILES string of the molecule is O=C1NC2=Nc3ccc(OCCCCCCCCO)c(Cl)c3CN2C1c1ccccc1. The molecule has 1 saturated heterocycles. The Kier molecular flexibility index (Phi) is 7.10. The number of halogens is 1. The molecule has 2 N–H and O–H groups in total. The average molecular weight is 442 g/mol. The van der Waals surface area contributed by atoms with E-state index in [0.29, 0.717) is 29.9 Å². The molecule has 0 spiro atoms. The van der Waals surface area contributed by atoms with Crippen molar-refractivity contribution >= 4 is 29.2 Å². The highest BCUT2D eigenvalue weighted by Gasteiger charge is 2.40. The Labute approximate surface area is 187 Å². The van der Waals surface area contributed by atoms with Crippen molar-refractivity contribution in [3.63, 3.8) is 0 Å². The number of carbonyl (C=O) groups is 1. The summed E-state index contributed by atoms with van der Waals surface area (Å²) in [6.07, 6.45) is 6.32. The fraction of sp³-hybridized carbons (Fsp3) is 0.417.